The Labute approximate surface area is 470 Å². The molecule has 0 bridgehead atoms. The zero-order chi connectivity index (χ0) is 60.7. The van der Waals surface area contributed by atoms with E-state index in [4.69, 9.17) is 121 Å². The molecule has 3 aliphatic heterocycles. The van der Waals surface area contributed by atoms with Crippen molar-refractivity contribution in [1.29, 1.82) is 5.41 Å². The van der Waals surface area contributed by atoms with Gasteiger partial charge in [0.25, 0.3) is 9.58 Å². The van der Waals surface area contributed by atoms with E-state index < -0.39 is 205 Å². The van der Waals surface area contributed by atoms with Gasteiger partial charge in [-0.25, -0.2) is 4.79 Å². The van der Waals surface area contributed by atoms with Crippen LogP contribution in [0.4, 0.5) is 0 Å². The minimum atomic E-state index is -3.20. The normalized spacial score (nSPS) is 29.0. The molecule has 2 N–H and O–H groups in total. The first-order valence-corrected chi connectivity index (χ1v) is 24.8. The molecule has 0 radical (unpaired) electrons. The van der Waals surface area contributed by atoms with Gasteiger partial charge in [-0.1, -0.05) is 34.8 Å². The molecule has 0 aromatic heterocycles. The first-order valence-electron chi connectivity index (χ1n) is 23.7. The van der Waals surface area contributed by atoms with Crippen molar-refractivity contribution in [3.8, 4) is 0 Å². The highest BCUT2D eigenvalue weighted by molar-refractivity contribution is 6.76. The molecule has 80 heavy (non-hydrogen) atoms. The molecule has 3 rings (SSSR count). The lowest BCUT2D eigenvalue weighted by molar-refractivity contribution is -0.385. The van der Waals surface area contributed by atoms with Crippen LogP contribution < -0.4 is 5.32 Å². The molecule has 0 aromatic carbocycles. The van der Waals surface area contributed by atoms with Crippen LogP contribution in [0, 0.1) is 5.41 Å². The molecular weight excluding hydrogens is 1150 g/mol. The monoisotopic (exact) mass is 1210 g/mol. The molecular formula is C46H61Cl3N2O29. The third-order valence-corrected chi connectivity index (χ3v) is 11.4. The summed E-state index contributed by atoms with van der Waals surface area (Å²) < 4.78 is 94.7. The molecule has 16 atom stereocenters. The lowest BCUT2D eigenvalue weighted by atomic mass is 9.87. The van der Waals surface area contributed by atoms with Gasteiger partial charge in [0.2, 0.25) is 24.2 Å². The molecule has 0 unspecified atom stereocenters. The molecule has 34 heteroatoms. The minimum Gasteiger partial charge on any atom is -0.465 e. The predicted molar refractivity (Wildman–Crippen MR) is 257 cm³/mol. The van der Waals surface area contributed by atoms with Gasteiger partial charge in [-0.2, -0.15) is 0 Å². The number of carbonyl (C=O) groups is 12. The lowest BCUT2D eigenvalue weighted by Gasteiger charge is -2.52. The highest BCUT2D eigenvalue weighted by Crippen LogP contribution is 2.43. The second-order valence-corrected chi connectivity index (χ2v) is 19.8. The summed E-state index contributed by atoms with van der Waals surface area (Å²) in [6.45, 7) is 7.38. The fourth-order valence-corrected chi connectivity index (χ4v) is 8.43. The number of alkyl halides is 3. The summed E-state index contributed by atoms with van der Waals surface area (Å²) in [5.41, 5.74) is 0. The summed E-state index contributed by atoms with van der Waals surface area (Å²) in [7, 11) is 0.803. The van der Waals surface area contributed by atoms with E-state index in [0.29, 0.717) is 0 Å². The largest absolute Gasteiger partial charge is 0.465 e. The fourth-order valence-electron chi connectivity index (χ4n) is 8.30. The van der Waals surface area contributed by atoms with Crippen molar-refractivity contribution in [3.05, 3.63) is 0 Å². The number of hydrogen-bond acceptors (Lipinski definition) is 30. The number of halogens is 3. The average Bonchev–Trinajstić information content (AvgIpc) is 3.30. The Balaban J connectivity index is 2.55. The fraction of sp³-hybridized carbons (Fsp3) is 0.717. The van der Waals surface area contributed by atoms with E-state index in [9.17, 15) is 57.5 Å². The van der Waals surface area contributed by atoms with Crippen LogP contribution in [-0.2, 0) is 138 Å². The molecule has 3 aliphatic rings. The van der Waals surface area contributed by atoms with Crippen LogP contribution >= 0.6 is 34.8 Å². The van der Waals surface area contributed by atoms with Crippen molar-refractivity contribution in [2.24, 2.45) is 0 Å². The van der Waals surface area contributed by atoms with E-state index >= 15 is 0 Å². The van der Waals surface area contributed by atoms with Gasteiger partial charge < -0.3 is 85.8 Å². The third-order valence-electron chi connectivity index (χ3n) is 10.9. The van der Waals surface area contributed by atoms with Crippen LogP contribution in [-0.4, -0.2) is 206 Å². The van der Waals surface area contributed by atoms with E-state index in [1.807, 2.05) is 0 Å². The standard InChI is InChI=1S/C46H61Cl3N2O29/c1-17(52)51-32-28(68-21(5)56)13-45(44(63)64-12,79-36(32)33(70-23(7)58)29(69-22(6)57)14-65-18(2)53)80-38-35(71-24(8)59)31(16-67-20(4)55)75-41(40(38)74-27(11)62)77-34-30(15-66-19(3)54)76-42(78-43(50)46(47,48)49)39(73-26(10)61)37(34)72-25(9)60/h28-42,50H,13-16H2,1-12H3,(H,51,52)/t28-,29+,30+,31+,32+,33+,34+,35-,36+,37-,38-,39+,40+,41-,42-,45-/m0/s1. The number of esters is 11. The molecule has 3 fully saturated rings. The van der Waals surface area contributed by atoms with E-state index in [-0.39, 0.29) is 0 Å². The molecule has 0 aliphatic carbocycles. The van der Waals surface area contributed by atoms with E-state index in [1.54, 1.807) is 0 Å². The quantitative estimate of drug-likeness (QED) is 0.0471. The summed E-state index contributed by atoms with van der Waals surface area (Å²) in [6.07, 6.45) is -29.9. The summed E-state index contributed by atoms with van der Waals surface area (Å²) in [5.74, 6) is -17.6. The first-order chi connectivity index (χ1) is 37.1. The first kappa shape index (κ1) is 68.1. The Morgan fingerprint density at radius 2 is 1.02 bits per heavy atom. The number of ether oxygens (including phenoxy) is 17. The predicted octanol–water partition coefficient (Wildman–Crippen LogP) is -0.0552. The van der Waals surface area contributed by atoms with E-state index in [2.05, 4.69) is 5.32 Å². The van der Waals surface area contributed by atoms with Gasteiger partial charge in [0.1, 0.15) is 56.4 Å². The number of hydrogen-bond donors (Lipinski definition) is 2. The molecule has 0 aromatic rings. The maximum atomic E-state index is 14.7. The SMILES string of the molecule is COC(=O)[C@@]1(O[C@H]2[C@@H](OC(C)=O)[C@@H](COC(C)=O)O[C@@H](O[C@H]3[C@H](OC(C)=O)[C@@H](OC(C)=O)[C@H](OC(=N)C(Cl)(Cl)Cl)O[C@@H]3COC(C)=O)[C@@H]2OC(C)=O)C[C@H](OC(C)=O)[C@@H](NC(C)=O)[C@H]([C@H](OC(C)=O)[C@@H](COC(C)=O)OC(C)=O)O1. The van der Waals surface area contributed by atoms with Crippen molar-refractivity contribution in [1.82, 2.24) is 5.32 Å². The maximum absolute atomic E-state index is 14.7. The van der Waals surface area contributed by atoms with Crippen LogP contribution in [0.25, 0.3) is 0 Å². The van der Waals surface area contributed by atoms with Gasteiger partial charge >= 0.3 is 65.7 Å². The Morgan fingerprint density at radius 1 is 0.562 bits per heavy atom. The molecule has 450 valence electrons. The van der Waals surface area contributed by atoms with Crippen molar-refractivity contribution in [3.63, 3.8) is 0 Å². The van der Waals surface area contributed by atoms with Gasteiger partial charge in [0.15, 0.2) is 36.8 Å². The Morgan fingerprint density at radius 3 is 1.48 bits per heavy atom. The smallest absolute Gasteiger partial charge is 0.366 e. The summed E-state index contributed by atoms with van der Waals surface area (Å²) in [4.78, 5) is 155. The average molecular weight is 1210 g/mol. The maximum Gasteiger partial charge on any atom is 0.366 e. The summed E-state index contributed by atoms with van der Waals surface area (Å²) >= 11 is 17.7. The Bertz CT molecular complexity index is 2330. The molecule has 0 saturated carbocycles. The van der Waals surface area contributed by atoms with Gasteiger partial charge in [0.05, 0.1) is 19.6 Å². The van der Waals surface area contributed by atoms with Crippen LogP contribution in [0.15, 0.2) is 0 Å². The Hall–Kier alpha value is -6.22. The van der Waals surface area contributed by atoms with E-state index in [1.165, 1.54) is 0 Å². The van der Waals surface area contributed by atoms with Crippen LogP contribution in [0.1, 0.15) is 82.6 Å². The van der Waals surface area contributed by atoms with Crippen molar-refractivity contribution in [2.75, 3.05) is 26.9 Å². The van der Waals surface area contributed by atoms with Gasteiger partial charge in [-0.05, 0) is 0 Å². The third kappa shape index (κ3) is 20.1. The van der Waals surface area contributed by atoms with Crippen molar-refractivity contribution in [2.45, 2.75) is 184 Å². The highest BCUT2D eigenvalue weighted by atomic mass is 35.6. The second-order valence-electron chi connectivity index (χ2n) is 17.5. The summed E-state index contributed by atoms with van der Waals surface area (Å²) in [5, 5.41) is 10.7. The molecule has 1 amide bonds. The van der Waals surface area contributed by atoms with Crippen molar-refractivity contribution >= 4 is 112 Å². The summed E-state index contributed by atoms with van der Waals surface area (Å²) in [6, 6.07) is -1.75. The molecule has 3 saturated heterocycles. The number of amides is 1. The molecule has 3 heterocycles. The number of carbonyl (C=O) groups excluding carboxylic acids is 12. The van der Waals surface area contributed by atoms with Crippen molar-refractivity contribution < 1.29 is 138 Å². The van der Waals surface area contributed by atoms with E-state index in [0.717, 1.165) is 83.3 Å². The zero-order valence-electron chi connectivity index (χ0n) is 45.0. The minimum absolute atomic E-state index is 0.803. The highest BCUT2D eigenvalue weighted by Gasteiger charge is 2.64. The van der Waals surface area contributed by atoms with Crippen LogP contribution in [0.5, 0.6) is 0 Å². The van der Waals surface area contributed by atoms with Gasteiger partial charge in [0, 0.05) is 76.2 Å². The van der Waals surface area contributed by atoms with Crippen LogP contribution in [0.2, 0.25) is 0 Å². The number of nitrogens with one attached hydrogen (secondary N) is 2. The van der Waals surface area contributed by atoms with Gasteiger partial charge in [-0.3, -0.25) is 58.1 Å². The molecule has 0 spiro atoms. The molecule has 31 nitrogen and oxygen atoms in total. The number of rotatable bonds is 22. The van der Waals surface area contributed by atoms with Crippen LogP contribution in [0.3, 0.4) is 0 Å². The topological polar surface area (TPSA) is 398 Å². The van der Waals surface area contributed by atoms with Gasteiger partial charge in [-0.15, -0.1) is 0 Å². The second kappa shape index (κ2) is 30.0. The Kier molecular flexibility index (Phi) is 25.5. The number of methoxy groups -OCH3 is 1. The zero-order valence-corrected chi connectivity index (χ0v) is 47.2. The lowest BCUT2D eigenvalue weighted by Crippen LogP contribution is -2.72.